The molecule has 0 fully saturated rings. The van der Waals surface area contributed by atoms with Crippen LogP contribution in [0.4, 0.5) is 0 Å². The molecule has 4 heteroatoms. The number of rotatable bonds is 12. The van der Waals surface area contributed by atoms with Crippen LogP contribution in [-0.4, -0.2) is 49.2 Å². The highest BCUT2D eigenvalue weighted by molar-refractivity contribution is 7.99. The molecule has 0 spiro atoms. The zero-order valence-corrected chi connectivity index (χ0v) is 11.8. The topological polar surface area (TPSA) is 24.1 Å². The summed E-state index contributed by atoms with van der Waals surface area (Å²) in [4.78, 5) is 0. The van der Waals surface area contributed by atoms with E-state index in [1.807, 2.05) is 11.8 Å². The average molecular weight is 250 g/mol. The molecule has 2 nitrogen and oxygen atoms in total. The molecule has 0 radical (unpaired) electrons. The van der Waals surface area contributed by atoms with Gasteiger partial charge in [-0.1, -0.05) is 13.8 Å². The molecular formula is C11H26N2S2. The van der Waals surface area contributed by atoms with Crippen molar-refractivity contribution in [3.05, 3.63) is 0 Å². The Morgan fingerprint density at radius 3 is 2.27 bits per heavy atom. The number of hydrogen-bond donors (Lipinski definition) is 2. The lowest BCUT2D eigenvalue weighted by atomic mass is 10.5. The van der Waals surface area contributed by atoms with Gasteiger partial charge in [0.15, 0.2) is 0 Å². The third-order valence-electron chi connectivity index (χ3n) is 1.94. The van der Waals surface area contributed by atoms with E-state index in [0.717, 1.165) is 13.1 Å². The zero-order chi connectivity index (χ0) is 11.2. The predicted molar refractivity (Wildman–Crippen MR) is 76.4 cm³/mol. The molecule has 0 heterocycles. The SMILES string of the molecule is CCNCCSCCCNCCSCC. The third-order valence-corrected chi connectivity index (χ3v) is 3.91. The van der Waals surface area contributed by atoms with Crippen molar-refractivity contribution in [2.45, 2.75) is 20.3 Å². The molecule has 0 bridgehead atoms. The van der Waals surface area contributed by atoms with Crippen molar-refractivity contribution in [1.82, 2.24) is 10.6 Å². The maximum absolute atomic E-state index is 3.47. The number of thioether (sulfide) groups is 2. The highest BCUT2D eigenvalue weighted by Crippen LogP contribution is 2.00. The van der Waals surface area contributed by atoms with Crippen LogP contribution in [0.1, 0.15) is 20.3 Å². The van der Waals surface area contributed by atoms with E-state index in [4.69, 9.17) is 0 Å². The molecule has 0 amide bonds. The summed E-state index contributed by atoms with van der Waals surface area (Å²) >= 11 is 4.06. The zero-order valence-electron chi connectivity index (χ0n) is 10.2. The lowest BCUT2D eigenvalue weighted by molar-refractivity contribution is 0.711. The van der Waals surface area contributed by atoms with Gasteiger partial charge in [-0.3, -0.25) is 0 Å². The maximum Gasteiger partial charge on any atom is 0.00581 e. The normalized spacial score (nSPS) is 10.8. The molecule has 0 saturated heterocycles. The lowest BCUT2D eigenvalue weighted by Gasteiger charge is -2.04. The van der Waals surface area contributed by atoms with Crippen LogP contribution in [0.15, 0.2) is 0 Å². The Hall–Kier alpha value is 0.620. The Balaban J connectivity index is 2.81. The quantitative estimate of drug-likeness (QED) is 0.518. The van der Waals surface area contributed by atoms with E-state index in [9.17, 15) is 0 Å². The van der Waals surface area contributed by atoms with E-state index in [2.05, 4.69) is 36.2 Å². The van der Waals surface area contributed by atoms with E-state index in [0.29, 0.717) is 0 Å². The van der Waals surface area contributed by atoms with Gasteiger partial charge in [0.05, 0.1) is 0 Å². The van der Waals surface area contributed by atoms with Gasteiger partial charge < -0.3 is 10.6 Å². The molecule has 0 unspecified atom stereocenters. The Morgan fingerprint density at radius 2 is 1.53 bits per heavy atom. The summed E-state index contributed by atoms with van der Waals surface area (Å²) in [7, 11) is 0. The van der Waals surface area contributed by atoms with Gasteiger partial charge in [-0.25, -0.2) is 0 Å². The molecule has 0 aromatic heterocycles. The van der Waals surface area contributed by atoms with Gasteiger partial charge in [0.25, 0.3) is 0 Å². The van der Waals surface area contributed by atoms with Crippen molar-refractivity contribution in [1.29, 1.82) is 0 Å². The van der Waals surface area contributed by atoms with Crippen molar-refractivity contribution in [2.24, 2.45) is 0 Å². The Bertz CT molecular complexity index is 101. The molecule has 0 aliphatic carbocycles. The first-order valence-electron chi connectivity index (χ1n) is 5.98. The van der Waals surface area contributed by atoms with Crippen molar-refractivity contribution in [3.8, 4) is 0 Å². The minimum absolute atomic E-state index is 1.09. The molecule has 0 aromatic rings. The van der Waals surface area contributed by atoms with Crippen molar-refractivity contribution in [3.63, 3.8) is 0 Å². The summed E-state index contributed by atoms with van der Waals surface area (Å²) in [6, 6.07) is 0. The van der Waals surface area contributed by atoms with Crippen LogP contribution in [0.25, 0.3) is 0 Å². The Kier molecular flexibility index (Phi) is 15.2. The van der Waals surface area contributed by atoms with Crippen LogP contribution < -0.4 is 10.6 Å². The molecule has 92 valence electrons. The van der Waals surface area contributed by atoms with Gasteiger partial charge in [-0.05, 0) is 31.0 Å². The van der Waals surface area contributed by atoms with Crippen LogP contribution in [0, 0.1) is 0 Å². The molecular weight excluding hydrogens is 224 g/mol. The van der Waals surface area contributed by atoms with E-state index < -0.39 is 0 Å². The van der Waals surface area contributed by atoms with Gasteiger partial charge in [-0.15, -0.1) is 0 Å². The fourth-order valence-electron chi connectivity index (χ4n) is 1.14. The first-order chi connectivity index (χ1) is 7.41. The van der Waals surface area contributed by atoms with E-state index >= 15 is 0 Å². The van der Waals surface area contributed by atoms with Crippen LogP contribution in [-0.2, 0) is 0 Å². The highest BCUT2D eigenvalue weighted by Gasteiger charge is 1.90. The molecule has 2 N–H and O–H groups in total. The second kappa shape index (κ2) is 14.6. The molecule has 0 aliphatic heterocycles. The average Bonchev–Trinajstić information content (AvgIpc) is 2.26. The summed E-state index contributed by atoms with van der Waals surface area (Å²) in [6.45, 7) is 8.96. The van der Waals surface area contributed by atoms with Crippen LogP contribution >= 0.6 is 23.5 Å². The minimum atomic E-state index is 1.09. The maximum atomic E-state index is 3.47. The smallest absolute Gasteiger partial charge is 0.00581 e. The number of nitrogens with one attached hydrogen (secondary N) is 2. The summed E-state index contributed by atoms with van der Waals surface area (Å²) in [5, 5.41) is 6.81. The van der Waals surface area contributed by atoms with Crippen LogP contribution in [0.5, 0.6) is 0 Å². The summed E-state index contributed by atoms with van der Waals surface area (Å²) in [5.74, 6) is 5.03. The first kappa shape index (κ1) is 15.6. The Morgan fingerprint density at radius 1 is 0.800 bits per heavy atom. The Labute approximate surface area is 104 Å². The van der Waals surface area contributed by atoms with Gasteiger partial charge in [0, 0.05) is 24.6 Å². The van der Waals surface area contributed by atoms with E-state index in [-0.39, 0.29) is 0 Å². The second-order valence-corrected chi connectivity index (χ2v) is 5.88. The van der Waals surface area contributed by atoms with Gasteiger partial charge in [-0.2, -0.15) is 23.5 Å². The van der Waals surface area contributed by atoms with E-state index in [1.165, 1.54) is 42.5 Å². The first-order valence-corrected chi connectivity index (χ1v) is 8.29. The fraction of sp³-hybridized carbons (Fsp3) is 1.00. The monoisotopic (exact) mass is 250 g/mol. The molecule has 0 rings (SSSR count). The largest absolute Gasteiger partial charge is 0.316 e. The third kappa shape index (κ3) is 14.6. The second-order valence-electron chi connectivity index (χ2n) is 3.27. The van der Waals surface area contributed by atoms with Gasteiger partial charge in [0.1, 0.15) is 0 Å². The highest BCUT2D eigenvalue weighted by atomic mass is 32.2. The van der Waals surface area contributed by atoms with Crippen molar-refractivity contribution in [2.75, 3.05) is 49.2 Å². The molecule has 0 aliphatic rings. The lowest BCUT2D eigenvalue weighted by Crippen LogP contribution is -2.19. The standard InChI is InChI=1S/C11H26N2S2/c1-3-12-7-11-15-9-5-6-13-8-10-14-4-2/h12-13H,3-11H2,1-2H3. The fourth-order valence-corrected chi connectivity index (χ4v) is 2.55. The molecule has 15 heavy (non-hydrogen) atoms. The van der Waals surface area contributed by atoms with Crippen LogP contribution in [0.2, 0.25) is 0 Å². The van der Waals surface area contributed by atoms with Gasteiger partial charge >= 0.3 is 0 Å². The van der Waals surface area contributed by atoms with Crippen molar-refractivity contribution < 1.29 is 0 Å². The molecule has 0 saturated carbocycles. The van der Waals surface area contributed by atoms with Crippen molar-refractivity contribution >= 4 is 23.5 Å². The van der Waals surface area contributed by atoms with E-state index in [1.54, 1.807) is 0 Å². The predicted octanol–water partition coefficient (Wildman–Crippen LogP) is 2.06. The number of hydrogen-bond acceptors (Lipinski definition) is 4. The molecule has 0 aromatic carbocycles. The summed E-state index contributed by atoms with van der Waals surface area (Å²) in [6.07, 6.45) is 1.30. The summed E-state index contributed by atoms with van der Waals surface area (Å²) < 4.78 is 0. The molecule has 0 atom stereocenters. The van der Waals surface area contributed by atoms with Gasteiger partial charge in [0.2, 0.25) is 0 Å². The minimum Gasteiger partial charge on any atom is -0.316 e. The van der Waals surface area contributed by atoms with Crippen LogP contribution in [0.3, 0.4) is 0 Å². The summed E-state index contributed by atoms with van der Waals surface area (Å²) in [5.41, 5.74) is 0.